The van der Waals surface area contributed by atoms with Crippen LogP contribution in [0.3, 0.4) is 0 Å². The number of methoxy groups -OCH3 is 1. The number of halogens is 5. The Morgan fingerprint density at radius 2 is 1.50 bits per heavy atom. The second-order valence-electron chi connectivity index (χ2n) is 7.91. The predicted octanol–water partition coefficient (Wildman–Crippen LogP) is 6.75. The van der Waals surface area contributed by atoms with Crippen LogP contribution in [0.5, 0.6) is 0 Å². The number of fused-ring (bicyclic) bond motifs is 1. The van der Waals surface area contributed by atoms with Crippen LogP contribution in [0.15, 0.2) is 66.7 Å². The van der Waals surface area contributed by atoms with Crippen LogP contribution < -0.4 is 5.32 Å². The van der Waals surface area contributed by atoms with Crippen molar-refractivity contribution in [2.45, 2.75) is 12.5 Å². The number of ether oxygens (including phenoxy) is 1. The Morgan fingerprint density at radius 3 is 2.11 bits per heavy atom. The molecule has 4 nitrogen and oxygen atoms in total. The second-order valence-corrected chi connectivity index (χ2v) is 8.73. The number of nitrogens with one attached hydrogen (secondary N) is 1. The maximum Gasteiger partial charge on any atom is 0.328 e. The maximum atomic E-state index is 14.1. The van der Waals surface area contributed by atoms with Crippen molar-refractivity contribution in [1.29, 1.82) is 0 Å². The number of carbonyl (C=O) groups is 2. The summed E-state index contributed by atoms with van der Waals surface area (Å²) in [5.74, 6) is -4.57. The molecule has 0 aliphatic heterocycles. The van der Waals surface area contributed by atoms with Gasteiger partial charge in [0, 0.05) is 12.0 Å². The van der Waals surface area contributed by atoms with Crippen LogP contribution in [0.2, 0.25) is 10.0 Å². The van der Waals surface area contributed by atoms with E-state index in [2.05, 4.69) is 5.32 Å². The fourth-order valence-electron chi connectivity index (χ4n) is 4.06. The molecule has 0 radical (unpaired) electrons. The Hall–Kier alpha value is -3.55. The van der Waals surface area contributed by atoms with Gasteiger partial charge in [0.2, 0.25) is 0 Å². The number of carbonyl (C=O) groups excluding carboxylic acids is 2. The normalized spacial score (nSPS) is 11.8. The molecule has 0 unspecified atom stereocenters. The molecule has 0 saturated carbocycles. The quantitative estimate of drug-likeness (QED) is 0.280. The molecule has 0 aromatic heterocycles. The Kier molecular flexibility index (Phi) is 7.52. The van der Waals surface area contributed by atoms with E-state index in [4.69, 9.17) is 27.9 Å². The molecular formula is C27H18Cl2F3NO3. The van der Waals surface area contributed by atoms with Gasteiger partial charge in [-0.25, -0.2) is 18.0 Å². The van der Waals surface area contributed by atoms with Crippen molar-refractivity contribution >= 4 is 45.9 Å². The van der Waals surface area contributed by atoms with Crippen molar-refractivity contribution in [3.63, 3.8) is 0 Å². The average molecular weight is 532 g/mol. The summed E-state index contributed by atoms with van der Waals surface area (Å²) in [5.41, 5.74) is 0.910. The summed E-state index contributed by atoms with van der Waals surface area (Å²) in [4.78, 5) is 25.2. The van der Waals surface area contributed by atoms with Crippen LogP contribution in [0.4, 0.5) is 13.2 Å². The van der Waals surface area contributed by atoms with Crippen LogP contribution in [0.1, 0.15) is 15.9 Å². The summed E-state index contributed by atoms with van der Waals surface area (Å²) in [6.07, 6.45) is -0.0415. The van der Waals surface area contributed by atoms with Crippen molar-refractivity contribution < 1.29 is 27.5 Å². The monoisotopic (exact) mass is 531 g/mol. The van der Waals surface area contributed by atoms with Crippen LogP contribution >= 0.6 is 23.2 Å². The second kappa shape index (κ2) is 10.6. The summed E-state index contributed by atoms with van der Waals surface area (Å²) in [5, 5.41) is 4.04. The fraction of sp³-hybridized carbons (Fsp3) is 0.111. The average Bonchev–Trinajstić information content (AvgIpc) is 2.83. The Balaban J connectivity index is 1.75. The zero-order chi connectivity index (χ0) is 26.0. The van der Waals surface area contributed by atoms with Crippen LogP contribution in [0, 0.1) is 17.5 Å². The first-order valence-electron chi connectivity index (χ1n) is 10.7. The van der Waals surface area contributed by atoms with Gasteiger partial charge < -0.3 is 10.1 Å². The molecule has 36 heavy (non-hydrogen) atoms. The van der Waals surface area contributed by atoms with Gasteiger partial charge in [-0.15, -0.1) is 0 Å². The summed E-state index contributed by atoms with van der Waals surface area (Å²) >= 11 is 12.6. The molecule has 0 aliphatic carbocycles. The molecule has 1 atom stereocenters. The van der Waals surface area contributed by atoms with Crippen molar-refractivity contribution in [2.75, 3.05) is 7.11 Å². The lowest BCUT2D eigenvalue weighted by Gasteiger charge is -2.19. The maximum absolute atomic E-state index is 14.1. The van der Waals surface area contributed by atoms with Gasteiger partial charge in [0.15, 0.2) is 0 Å². The number of esters is 1. The number of rotatable bonds is 6. The SMILES string of the molecule is COC(=O)[C@H](Cc1ccc(-c2c(Cl)cc(F)cc2Cl)c2ccccc12)NC(=O)c1c(F)cccc1F. The minimum atomic E-state index is -1.24. The van der Waals surface area contributed by atoms with Crippen LogP contribution in [-0.2, 0) is 16.0 Å². The third kappa shape index (κ3) is 5.03. The van der Waals surface area contributed by atoms with E-state index >= 15 is 0 Å². The smallest absolute Gasteiger partial charge is 0.328 e. The van der Waals surface area contributed by atoms with Gasteiger partial charge in [0.1, 0.15) is 29.1 Å². The molecule has 9 heteroatoms. The molecule has 4 aromatic rings. The summed E-state index contributed by atoms with van der Waals surface area (Å²) in [6.45, 7) is 0. The van der Waals surface area contributed by atoms with Gasteiger partial charge in [-0.3, -0.25) is 4.79 Å². The molecule has 1 N–H and O–H groups in total. The lowest BCUT2D eigenvalue weighted by Crippen LogP contribution is -2.43. The van der Waals surface area contributed by atoms with Crippen molar-refractivity contribution in [3.05, 3.63) is 105 Å². The fourth-order valence-corrected chi connectivity index (χ4v) is 4.72. The third-order valence-electron chi connectivity index (χ3n) is 5.70. The third-order valence-corrected chi connectivity index (χ3v) is 6.29. The highest BCUT2D eigenvalue weighted by Gasteiger charge is 2.27. The van der Waals surface area contributed by atoms with Gasteiger partial charge in [-0.05, 0) is 46.2 Å². The minimum Gasteiger partial charge on any atom is -0.467 e. The van der Waals surface area contributed by atoms with E-state index in [0.717, 1.165) is 37.4 Å². The molecule has 4 rings (SSSR count). The van der Waals surface area contributed by atoms with Crippen molar-refractivity contribution in [2.24, 2.45) is 0 Å². The number of benzene rings is 4. The molecule has 0 aliphatic rings. The highest BCUT2D eigenvalue weighted by Crippen LogP contribution is 2.40. The largest absolute Gasteiger partial charge is 0.467 e. The lowest BCUT2D eigenvalue weighted by molar-refractivity contribution is -0.142. The van der Waals surface area contributed by atoms with Gasteiger partial charge in [-0.1, -0.05) is 65.7 Å². The number of amides is 1. The molecular weight excluding hydrogens is 514 g/mol. The number of hydrogen-bond donors (Lipinski definition) is 1. The Bertz CT molecular complexity index is 1450. The molecule has 0 spiro atoms. The van der Waals surface area contributed by atoms with E-state index < -0.39 is 40.9 Å². The zero-order valence-corrected chi connectivity index (χ0v) is 20.3. The Labute approximate surface area is 214 Å². The summed E-state index contributed by atoms with van der Waals surface area (Å²) in [6, 6.07) is 14.7. The van der Waals surface area contributed by atoms with E-state index in [-0.39, 0.29) is 16.5 Å². The molecule has 1 amide bonds. The van der Waals surface area contributed by atoms with E-state index in [0.29, 0.717) is 27.5 Å². The Morgan fingerprint density at radius 1 is 0.889 bits per heavy atom. The number of hydrogen-bond acceptors (Lipinski definition) is 3. The predicted molar refractivity (Wildman–Crippen MR) is 133 cm³/mol. The first-order chi connectivity index (χ1) is 17.2. The minimum absolute atomic E-state index is 0.0415. The van der Waals surface area contributed by atoms with Crippen molar-refractivity contribution in [1.82, 2.24) is 5.32 Å². The van der Waals surface area contributed by atoms with Gasteiger partial charge in [0.25, 0.3) is 5.91 Å². The highest BCUT2D eigenvalue weighted by molar-refractivity contribution is 6.39. The van der Waals surface area contributed by atoms with Gasteiger partial charge in [-0.2, -0.15) is 0 Å². The van der Waals surface area contributed by atoms with Gasteiger partial charge >= 0.3 is 5.97 Å². The summed E-state index contributed by atoms with van der Waals surface area (Å²) in [7, 11) is 1.14. The standard InChI is InChI=1S/C27H18Cl2F3NO3/c1-36-27(35)23(33-26(34)25-21(31)7-4-8-22(25)32)11-14-9-10-18(17-6-3-2-5-16(14)17)24-19(28)12-15(30)13-20(24)29/h2-10,12-13,23H,11H2,1H3,(H,33,34)/t23-/m0/s1. The van der Waals surface area contributed by atoms with E-state index in [9.17, 15) is 22.8 Å². The first-order valence-corrected chi connectivity index (χ1v) is 11.4. The van der Waals surface area contributed by atoms with Gasteiger partial charge in [0.05, 0.1) is 17.2 Å². The molecule has 0 bridgehead atoms. The molecule has 0 heterocycles. The van der Waals surface area contributed by atoms with Crippen LogP contribution in [0.25, 0.3) is 21.9 Å². The molecule has 0 fully saturated rings. The van der Waals surface area contributed by atoms with E-state index in [1.807, 2.05) is 6.07 Å². The molecule has 0 saturated heterocycles. The zero-order valence-electron chi connectivity index (χ0n) is 18.7. The van der Waals surface area contributed by atoms with Crippen LogP contribution in [-0.4, -0.2) is 25.0 Å². The van der Waals surface area contributed by atoms with Crippen molar-refractivity contribution in [3.8, 4) is 11.1 Å². The topological polar surface area (TPSA) is 55.4 Å². The molecule has 4 aromatic carbocycles. The summed E-state index contributed by atoms with van der Waals surface area (Å²) < 4.78 is 46.8. The van der Waals surface area contributed by atoms with E-state index in [1.54, 1.807) is 30.3 Å². The lowest BCUT2D eigenvalue weighted by atomic mass is 9.92. The highest BCUT2D eigenvalue weighted by atomic mass is 35.5. The molecule has 184 valence electrons. The van der Waals surface area contributed by atoms with E-state index in [1.165, 1.54) is 0 Å². The first kappa shape index (κ1) is 25.5.